The van der Waals surface area contributed by atoms with E-state index in [1.54, 1.807) is 0 Å². The molecule has 0 heterocycles. The lowest BCUT2D eigenvalue weighted by Crippen LogP contribution is -2.21. The van der Waals surface area contributed by atoms with E-state index in [4.69, 9.17) is 5.73 Å². The lowest BCUT2D eigenvalue weighted by Gasteiger charge is -2.22. The van der Waals surface area contributed by atoms with Gasteiger partial charge >= 0.3 is 0 Å². The summed E-state index contributed by atoms with van der Waals surface area (Å²) >= 11 is 0. The number of carbonyl (C=O) groups is 2. The van der Waals surface area contributed by atoms with Crippen molar-refractivity contribution < 1.29 is 9.59 Å². The van der Waals surface area contributed by atoms with Gasteiger partial charge in [-0.05, 0) is 6.42 Å². The average molecular weight is 310 g/mol. The molecular weight excluding hydrogens is 276 g/mol. The Bertz CT molecular complexity index is 190. The van der Waals surface area contributed by atoms with E-state index in [0.717, 1.165) is 6.42 Å². The summed E-state index contributed by atoms with van der Waals surface area (Å²) in [5, 5.41) is 3.87. The Morgan fingerprint density at radius 1 is 1.09 bits per heavy atom. The molecule has 0 radical (unpaired) electrons. The number of hydrogen-bond acceptors (Lipinski definition) is 2. The number of amides is 1. The van der Waals surface area contributed by atoms with Crippen molar-refractivity contribution in [3.05, 3.63) is 78.7 Å². The molecule has 0 saturated carbocycles. The van der Waals surface area contributed by atoms with Crippen molar-refractivity contribution in [3.8, 4) is 0 Å². The van der Waals surface area contributed by atoms with Gasteiger partial charge in [0.15, 0.2) is 0 Å². The molecule has 0 fully saturated rings. The maximum absolute atomic E-state index is 10.3. The fraction of sp³-hybridized carbons (Fsp3) is 0.278. The van der Waals surface area contributed by atoms with E-state index in [0.29, 0.717) is 19.3 Å². The second-order valence-electron chi connectivity index (χ2n) is 2.49. The summed E-state index contributed by atoms with van der Waals surface area (Å²) in [6, 6.07) is -0.575. The van der Waals surface area contributed by atoms with Crippen LogP contribution < -0.4 is 5.73 Å². The number of rotatable bonds is 6. The van der Waals surface area contributed by atoms with Gasteiger partial charge in [0.05, 0.1) is 13.3 Å². The summed E-state index contributed by atoms with van der Waals surface area (Å²) in [6.45, 7) is 34.8. The van der Waals surface area contributed by atoms with E-state index >= 15 is 0 Å². The highest BCUT2D eigenvalue weighted by molar-refractivity contribution is 5.79. The first-order valence-corrected chi connectivity index (χ1v) is 6.40. The third-order valence-electron chi connectivity index (χ3n) is 1.09. The molecule has 0 aliphatic carbocycles. The highest BCUT2D eigenvalue weighted by Crippen LogP contribution is 2.02. The minimum absolute atomic E-state index is 0.00347. The molecule has 0 aromatic carbocycles. The van der Waals surface area contributed by atoms with Gasteiger partial charge in [-0.3, -0.25) is 11.7 Å². The van der Waals surface area contributed by atoms with Crippen LogP contribution in [0.5, 0.6) is 0 Å². The van der Waals surface area contributed by atoms with Crippen LogP contribution in [0.1, 0.15) is 19.3 Å². The van der Waals surface area contributed by atoms with E-state index in [-0.39, 0.29) is 6.42 Å². The van der Waals surface area contributed by atoms with E-state index in [1.807, 2.05) is 0 Å². The molecule has 4 nitrogen and oxygen atoms in total. The topological polar surface area (TPSA) is 74.3 Å². The predicted molar refractivity (Wildman–Crippen MR) is 102 cm³/mol. The number of hydrogen-bond donors (Lipinski definition) is 1. The molecule has 1 atom stereocenters. The van der Waals surface area contributed by atoms with Crippen LogP contribution in [0.15, 0.2) is 52.6 Å². The standard InChI is InChI=1S/C7H12N2O2.C3H6.4C2H4/c1-2-3-9-6(5-10)4-7(8)11;1-3-2;4*1-2/h5-6H,1-4H2,(H2,8,11);1-3H2;4*1-2H2/t6-;;;;;/m1...../s1. The minimum Gasteiger partial charge on any atom is -0.650 e. The molecule has 0 aromatic heterocycles. The highest BCUT2D eigenvalue weighted by Gasteiger charge is 1.99. The van der Waals surface area contributed by atoms with Crippen LogP contribution in [0.2, 0.25) is 0 Å². The smallest absolute Gasteiger partial charge is 0.216 e. The van der Waals surface area contributed by atoms with Crippen LogP contribution in [-0.2, 0) is 9.59 Å². The number of primary amides is 1. The Balaban J connectivity index is -0.0000000486. The Hall–Kier alpha value is -2.20. The van der Waals surface area contributed by atoms with Crippen molar-refractivity contribution in [2.24, 2.45) is 5.73 Å². The molecule has 0 rings (SSSR count). The maximum Gasteiger partial charge on any atom is 0.216 e. The summed E-state index contributed by atoms with van der Waals surface area (Å²) in [5.41, 5.74) is 4.87. The van der Waals surface area contributed by atoms with E-state index < -0.39 is 11.9 Å². The molecule has 0 saturated heterocycles. The monoisotopic (exact) mass is 310 g/mol. The molecule has 1 amide bonds. The van der Waals surface area contributed by atoms with Crippen LogP contribution in [0.4, 0.5) is 0 Å². The molecule has 0 aromatic rings. The van der Waals surface area contributed by atoms with Gasteiger partial charge in [-0.25, -0.2) is 0 Å². The molecular formula is C18H34N2O2. The largest absolute Gasteiger partial charge is 0.650 e. The maximum atomic E-state index is 10.3. The Kier molecular flexibility index (Phi) is 104. The average Bonchev–Trinajstić information content (AvgIpc) is 2.59. The Labute approximate surface area is 138 Å². The van der Waals surface area contributed by atoms with Gasteiger partial charge in [0.1, 0.15) is 6.29 Å². The van der Waals surface area contributed by atoms with Gasteiger partial charge in [-0.2, -0.15) is 0 Å². The van der Waals surface area contributed by atoms with Crippen LogP contribution >= 0.6 is 0 Å². The summed E-state index contributed by atoms with van der Waals surface area (Å²) in [7, 11) is 0. The molecule has 0 aliphatic rings. The molecule has 0 spiro atoms. The van der Waals surface area contributed by atoms with E-state index in [2.05, 4.69) is 78.7 Å². The number of nitrogens with zero attached hydrogens (tertiary/aromatic N) is 1. The van der Waals surface area contributed by atoms with Gasteiger partial charge < -0.3 is 15.8 Å². The van der Waals surface area contributed by atoms with E-state index in [9.17, 15) is 9.59 Å². The predicted octanol–water partition coefficient (Wildman–Crippen LogP) is 4.28. The highest BCUT2D eigenvalue weighted by atomic mass is 16.1. The van der Waals surface area contributed by atoms with Crippen molar-refractivity contribution in [1.82, 2.24) is 0 Å². The molecule has 4 heteroatoms. The zero-order valence-electron chi connectivity index (χ0n) is 14.1. The zero-order chi connectivity index (χ0) is 19.4. The van der Waals surface area contributed by atoms with E-state index in [1.165, 1.54) is 0 Å². The van der Waals surface area contributed by atoms with Gasteiger partial charge in [0, 0.05) is 13.3 Å². The summed E-state index contributed by atoms with van der Waals surface area (Å²) in [4.78, 5) is 20.5. The quantitative estimate of drug-likeness (QED) is 0.451. The van der Waals surface area contributed by atoms with Gasteiger partial charge in [-0.15, -0.1) is 59.2 Å². The normalized spacial score (nSPS) is 7.68. The zero-order valence-corrected chi connectivity index (χ0v) is 14.1. The number of carbonyl (C=O) groups excluding carboxylic acids is 2. The van der Waals surface area contributed by atoms with Gasteiger partial charge in [0.2, 0.25) is 5.91 Å². The van der Waals surface area contributed by atoms with Crippen LogP contribution in [0.25, 0.3) is 5.32 Å². The Morgan fingerprint density at radius 2 is 1.41 bits per heavy atom. The van der Waals surface area contributed by atoms with Crippen molar-refractivity contribution in [2.45, 2.75) is 25.3 Å². The first-order valence-electron chi connectivity index (χ1n) is 6.40. The summed E-state index contributed by atoms with van der Waals surface area (Å²) in [5.74, 6) is -0.505. The second kappa shape index (κ2) is 62.0. The molecule has 2 N–H and O–H groups in total. The van der Waals surface area contributed by atoms with Crippen LogP contribution in [-0.4, -0.2) is 24.8 Å². The molecule has 0 unspecified atom stereocenters. The number of nitrogens with two attached hydrogens (primary N) is 1. The lowest BCUT2D eigenvalue weighted by molar-refractivity contribution is -0.120. The van der Waals surface area contributed by atoms with Crippen molar-refractivity contribution in [1.29, 1.82) is 0 Å². The van der Waals surface area contributed by atoms with Crippen LogP contribution in [0.3, 0.4) is 0 Å². The number of aldehydes is 1. The second-order valence-corrected chi connectivity index (χ2v) is 2.49. The van der Waals surface area contributed by atoms with Crippen molar-refractivity contribution >= 4 is 12.2 Å². The van der Waals surface area contributed by atoms with Gasteiger partial charge in [-0.1, -0.05) is 6.04 Å². The van der Waals surface area contributed by atoms with Crippen molar-refractivity contribution in [3.63, 3.8) is 0 Å². The first kappa shape index (κ1) is 36.7. The molecule has 22 heavy (non-hydrogen) atoms. The summed E-state index contributed by atoms with van der Waals surface area (Å²) < 4.78 is 0. The van der Waals surface area contributed by atoms with Gasteiger partial charge in [0.25, 0.3) is 0 Å². The van der Waals surface area contributed by atoms with Crippen molar-refractivity contribution in [2.75, 3.05) is 6.54 Å². The molecule has 0 bridgehead atoms. The Morgan fingerprint density at radius 3 is 1.59 bits per heavy atom. The fourth-order valence-electron chi connectivity index (χ4n) is 0.619. The summed E-state index contributed by atoms with van der Waals surface area (Å²) in [6.07, 6.45) is 2.01. The lowest BCUT2D eigenvalue weighted by atomic mass is 10.2. The third kappa shape index (κ3) is 82.6. The minimum atomic E-state index is -0.575. The fourth-order valence-corrected chi connectivity index (χ4v) is 0.619. The first-order chi connectivity index (χ1) is 10.6. The molecule has 128 valence electrons. The molecule has 0 aliphatic heterocycles. The SMILES string of the molecule is C=C.C=C.C=C.C=C.[CH2+]CC[N-][C@@H](C=O)CC(N)=O.[CH2+]C[CH2-]. The van der Waals surface area contributed by atoms with Crippen LogP contribution in [0, 0.1) is 20.8 Å². The third-order valence-corrected chi connectivity index (χ3v) is 1.09.